The van der Waals surface area contributed by atoms with Gasteiger partial charge in [0.25, 0.3) is 5.56 Å². The quantitative estimate of drug-likeness (QED) is 0.539. The third-order valence-electron chi connectivity index (χ3n) is 4.71. The van der Waals surface area contributed by atoms with Crippen molar-refractivity contribution in [3.05, 3.63) is 67.9 Å². The van der Waals surface area contributed by atoms with Gasteiger partial charge >= 0.3 is 11.4 Å². The maximum Gasteiger partial charge on any atom is 0.419 e. The molecule has 0 fully saturated rings. The van der Waals surface area contributed by atoms with Crippen LogP contribution in [0.2, 0.25) is 0 Å². The van der Waals surface area contributed by atoms with Gasteiger partial charge in [0.05, 0.1) is 22.8 Å². The lowest BCUT2D eigenvalue weighted by Crippen LogP contribution is -2.37. The minimum absolute atomic E-state index is 0.0206. The molecule has 0 aliphatic heterocycles. The Balaban J connectivity index is 1.56. The third kappa shape index (κ3) is 3.14. The first-order valence-electron chi connectivity index (χ1n) is 8.81. The number of fused-ring (bicyclic) bond motifs is 2. The summed E-state index contributed by atoms with van der Waals surface area (Å²) < 4.78 is 8.77. The molecule has 3 heterocycles. The van der Waals surface area contributed by atoms with Crippen LogP contribution in [0.5, 0.6) is 0 Å². The van der Waals surface area contributed by atoms with Crippen LogP contribution in [0.25, 0.3) is 22.1 Å². The second-order valence-electron chi connectivity index (χ2n) is 6.59. The van der Waals surface area contributed by atoms with Gasteiger partial charge in [0.1, 0.15) is 5.65 Å². The molecule has 10 nitrogen and oxygen atoms in total. The highest BCUT2D eigenvalue weighted by molar-refractivity contribution is 5.92. The molecule has 10 heteroatoms. The van der Waals surface area contributed by atoms with Gasteiger partial charge < -0.3 is 9.73 Å². The second-order valence-corrected chi connectivity index (χ2v) is 6.59. The number of rotatable bonds is 4. The van der Waals surface area contributed by atoms with Crippen LogP contribution in [-0.2, 0) is 25.4 Å². The maximum absolute atomic E-state index is 12.3. The number of para-hydroxylation sites is 2. The summed E-state index contributed by atoms with van der Waals surface area (Å²) in [4.78, 5) is 52.7. The minimum Gasteiger partial charge on any atom is -0.408 e. The van der Waals surface area contributed by atoms with Gasteiger partial charge in [-0.25, -0.2) is 14.6 Å². The molecule has 1 amide bonds. The average Bonchev–Trinajstić information content (AvgIpc) is 3.04. The van der Waals surface area contributed by atoms with Crippen LogP contribution in [0.1, 0.15) is 6.42 Å². The highest BCUT2D eigenvalue weighted by Gasteiger charge is 2.13. The molecule has 0 aliphatic carbocycles. The van der Waals surface area contributed by atoms with E-state index in [0.717, 1.165) is 4.57 Å². The van der Waals surface area contributed by atoms with Crippen molar-refractivity contribution in [1.29, 1.82) is 0 Å². The number of aromatic nitrogens is 4. The van der Waals surface area contributed by atoms with Crippen LogP contribution in [0.4, 0.5) is 5.69 Å². The Labute approximate surface area is 162 Å². The Bertz CT molecular complexity index is 1440. The molecule has 0 radical (unpaired) electrons. The highest BCUT2D eigenvalue weighted by Crippen LogP contribution is 2.14. The van der Waals surface area contributed by atoms with Crippen LogP contribution < -0.4 is 22.3 Å². The topological polar surface area (TPSA) is 121 Å². The first kappa shape index (κ1) is 18.4. The van der Waals surface area contributed by atoms with Gasteiger partial charge in [-0.3, -0.25) is 23.3 Å². The van der Waals surface area contributed by atoms with Gasteiger partial charge in [0, 0.05) is 27.1 Å². The molecule has 1 aromatic carbocycles. The molecule has 0 aliphatic rings. The first-order valence-corrected chi connectivity index (χ1v) is 8.81. The zero-order chi connectivity index (χ0) is 20.7. The molecular weight excluding hydrogens is 378 g/mol. The van der Waals surface area contributed by atoms with Crippen molar-refractivity contribution in [2.24, 2.45) is 14.1 Å². The molecule has 0 saturated carbocycles. The van der Waals surface area contributed by atoms with E-state index in [-0.39, 0.29) is 29.9 Å². The Morgan fingerprint density at radius 3 is 2.69 bits per heavy atom. The number of benzene rings is 1. The van der Waals surface area contributed by atoms with E-state index in [4.69, 9.17) is 4.42 Å². The molecule has 0 spiro atoms. The van der Waals surface area contributed by atoms with Gasteiger partial charge in [-0.2, -0.15) is 0 Å². The fraction of sp³-hybridized carbons (Fsp3) is 0.211. The number of oxazole rings is 1. The predicted molar refractivity (Wildman–Crippen MR) is 106 cm³/mol. The summed E-state index contributed by atoms with van der Waals surface area (Å²) in [5, 5.41) is 2.87. The van der Waals surface area contributed by atoms with Gasteiger partial charge in [-0.05, 0) is 18.2 Å². The molecule has 4 aromatic rings. The molecular formula is C19H17N5O5. The maximum atomic E-state index is 12.3. The molecule has 148 valence electrons. The number of nitrogens with zero attached hydrogens (tertiary/aromatic N) is 4. The summed E-state index contributed by atoms with van der Waals surface area (Å²) in [7, 11) is 2.89. The zero-order valence-corrected chi connectivity index (χ0v) is 15.7. The van der Waals surface area contributed by atoms with Gasteiger partial charge in [-0.15, -0.1) is 0 Å². The predicted octanol–water partition coefficient (Wildman–Crippen LogP) is 0.569. The smallest absolute Gasteiger partial charge is 0.408 e. The number of amides is 1. The molecule has 0 unspecified atom stereocenters. The van der Waals surface area contributed by atoms with Crippen molar-refractivity contribution in [2.75, 3.05) is 5.32 Å². The van der Waals surface area contributed by atoms with E-state index in [0.29, 0.717) is 16.8 Å². The summed E-state index contributed by atoms with van der Waals surface area (Å²) in [6.07, 6.45) is 1.39. The Morgan fingerprint density at radius 2 is 1.90 bits per heavy atom. The number of hydrogen-bond donors (Lipinski definition) is 1. The van der Waals surface area contributed by atoms with E-state index in [2.05, 4.69) is 10.3 Å². The van der Waals surface area contributed by atoms with Crippen molar-refractivity contribution >= 4 is 33.7 Å². The summed E-state index contributed by atoms with van der Waals surface area (Å²) >= 11 is 0. The van der Waals surface area contributed by atoms with E-state index >= 15 is 0 Å². The van der Waals surface area contributed by atoms with Crippen molar-refractivity contribution < 1.29 is 9.21 Å². The average molecular weight is 395 g/mol. The van der Waals surface area contributed by atoms with Gasteiger partial charge in [0.15, 0.2) is 5.58 Å². The fourth-order valence-electron chi connectivity index (χ4n) is 3.20. The first-order chi connectivity index (χ1) is 13.9. The number of anilines is 1. The lowest BCUT2D eigenvalue weighted by Gasteiger charge is -2.09. The van der Waals surface area contributed by atoms with Crippen molar-refractivity contribution in [3.8, 4) is 0 Å². The molecule has 0 saturated heterocycles. The van der Waals surface area contributed by atoms with E-state index in [1.165, 1.54) is 35.5 Å². The number of carbonyl (C=O) groups excluding carboxylic acids is 1. The van der Waals surface area contributed by atoms with E-state index in [1.807, 2.05) is 0 Å². The largest absolute Gasteiger partial charge is 0.419 e. The second kappa shape index (κ2) is 6.89. The number of nitrogens with one attached hydrogen (secondary N) is 1. The van der Waals surface area contributed by atoms with Crippen molar-refractivity contribution in [1.82, 2.24) is 18.7 Å². The standard InChI is InChI=1S/C19H17N5O5/c1-22-16-12(17(26)23(2)18(22)27)9-11(10-20-16)21-15(25)7-8-24-13-5-3-4-6-14(13)29-19(24)28/h3-6,9-10H,7-8H2,1-2H3,(H,21,25). The van der Waals surface area contributed by atoms with Crippen molar-refractivity contribution in [2.45, 2.75) is 13.0 Å². The van der Waals surface area contributed by atoms with Crippen LogP contribution in [0, 0.1) is 0 Å². The molecule has 4 rings (SSSR count). The summed E-state index contributed by atoms with van der Waals surface area (Å²) in [5.41, 5.74) is 0.642. The number of carbonyl (C=O) groups is 1. The molecule has 1 N–H and O–H groups in total. The monoisotopic (exact) mass is 395 g/mol. The van der Waals surface area contributed by atoms with E-state index in [9.17, 15) is 19.2 Å². The Morgan fingerprint density at radius 1 is 1.14 bits per heavy atom. The number of pyridine rings is 1. The summed E-state index contributed by atoms with van der Waals surface area (Å²) in [6.45, 7) is 0.138. The lowest BCUT2D eigenvalue weighted by molar-refractivity contribution is -0.116. The van der Waals surface area contributed by atoms with E-state index in [1.54, 1.807) is 24.3 Å². The lowest BCUT2D eigenvalue weighted by atomic mass is 10.3. The molecule has 29 heavy (non-hydrogen) atoms. The zero-order valence-electron chi connectivity index (χ0n) is 15.7. The van der Waals surface area contributed by atoms with Crippen LogP contribution >= 0.6 is 0 Å². The minimum atomic E-state index is -0.532. The van der Waals surface area contributed by atoms with Crippen LogP contribution in [0.3, 0.4) is 0 Å². The highest BCUT2D eigenvalue weighted by atomic mass is 16.4. The third-order valence-corrected chi connectivity index (χ3v) is 4.71. The SMILES string of the molecule is Cn1c(=O)c2cc(NC(=O)CCn3c(=O)oc4ccccc43)cnc2n(C)c1=O. The Kier molecular flexibility index (Phi) is 4.38. The normalized spacial score (nSPS) is 11.2. The number of hydrogen-bond acceptors (Lipinski definition) is 6. The molecule has 3 aromatic heterocycles. The molecule has 0 bridgehead atoms. The van der Waals surface area contributed by atoms with Gasteiger partial charge in [-0.1, -0.05) is 12.1 Å². The summed E-state index contributed by atoms with van der Waals surface area (Å²) in [5.74, 6) is -0.888. The molecule has 0 atom stereocenters. The fourth-order valence-corrected chi connectivity index (χ4v) is 3.20. The van der Waals surface area contributed by atoms with E-state index < -0.39 is 17.0 Å². The van der Waals surface area contributed by atoms with Crippen LogP contribution in [0.15, 0.2) is 55.3 Å². The van der Waals surface area contributed by atoms with Crippen LogP contribution in [-0.4, -0.2) is 24.6 Å². The van der Waals surface area contributed by atoms with Crippen molar-refractivity contribution in [3.63, 3.8) is 0 Å². The number of aryl methyl sites for hydroxylation is 2. The van der Waals surface area contributed by atoms with Gasteiger partial charge in [0.2, 0.25) is 5.91 Å². The summed E-state index contributed by atoms with van der Waals surface area (Å²) in [6, 6.07) is 8.44. The Hall–Kier alpha value is -3.95.